The van der Waals surface area contributed by atoms with Crippen LogP contribution in [0.4, 0.5) is 0 Å². The molecule has 2 bridgehead atoms. The first kappa shape index (κ1) is 29.4. The molecular formula is C30H32O14. The van der Waals surface area contributed by atoms with Crippen molar-refractivity contribution >= 4 is 11.6 Å². The first-order valence-electron chi connectivity index (χ1n) is 14.2. The predicted octanol–water partition coefficient (Wildman–Crippen LogP) is -1.27. The quantitative estimate of drug-likeness (QED) is 0.191. The van der Waals surface area contributed by atoms with Crippen LogP contribution in [0.1, 0.15) is 47.4 Å². The van der Waals surface area contributed by atoms with Crippen LogP contribution in [0.2, 0.25) is 0 Å². The molecule has 2 aromatic carbocycles. The average molecular weight is 617 g/mol. The molecule has 0 spiro atoms. The summed E-state index contributed by atoms with van der Waals surface area (Å²) in [5, 5.41) is 100. The summed E-state index contributed by atoms with van der Waals surface area (Å²) in [5.74, 6) is -8.42. The van der Waals surface area contributed by atoms with Crippen molar-refractivity contribution in [1.82, 2.24) is 0 Å². The molecule has 0 amide bonds. The van der Waals surface area contributed by atoms with Crippen molar-refractivity contribution in [3.05, 3.63) is 35.4 Å². The number of carbonyl (C=O) groups excluding carboxylic acids is 2. The molecule has 2 aliphatic carbocycles. The van der Waals surface area contributed by atoms with Gasteiger partial charge in [0.25, 0.3) is 0 Å². The van der Waals surface area contributed by atoms with Crippen molar-refractivity contribution in [2.24, 2.45) is 11.8 Å². The second kappa shape index (κ2) is 8.68. The van der Waals surface area contributed by atoms with Crippen LogP contribution in [0.3, 0.4) is 0 Å². The number of aromatic hydroxyl groups is 2. The lowest BCUT2D eigenvalue weighted by atomic mass is 9.60. The Kier molecular flexibility index (Phi) is 5.79. The van der Waals surface area contributed by atoms with Gasteiger partial charge in [-0.05, 0) is 42.5 Å². The molecule has 44 heavy (non-hydrogen) atoms. The molecule has 2 aromatic rings. The normalized spacial score (nSPS) is 43.7. The van der Waals surface area contributed by atoms with E-state index >= 15 is 0 Å². The van der Waals surface area contributed by atoms with Crippen LogP contribution in [0.25, 0.3) is 11.1 Å². The number of hydrogen-bond acceptors (Lipinski definition) is 14. The maximum absolute atomic E-state index is 13.9. The minimum Gasteiger partial charge on any atom is -0.506 e. The Hall–Kier alpha value is -3.34. The molecule has 10 atom stereocenters. The number of rotatable bonds is 2. The van der Waals surface area contributed by atoms with E-state index in [0.717, 1.165) is 0 Å². The van der Waals surface area contributed by atoms with Gasteiger partial charge in [-0.3, -0.25) is 9.59 Å². The van der Waals surface area contributed by atoms with Crippen molar-refractivity contribution in [3.63, 3.8) is 0 Å². The minimum absolute atomic E-state index is 0.230. The number of ether oxygens (including phenoxy) is 3. The fourth-order valence-electron chi connectivity index (χ4n) is 8.11. The Labute approximate surface area is 249 Å². The van der Waals surface area contributed by atoms with Gasteiger partial charge in [0.2, 0.25) is 23.0 Å². The minimum atomic E-state index is -2.87. The molecule has 0 unspecified atom stereocenters. The van der Waals surface area contributed by atoms with Crippen molar-refractivity contribution in [3.8, 4) is 34.1 Å². The third-order valence-electron chi connectivity index (χ3n) is 10.6. The predicted molar refractivity (Wildman–Crippen MR) is 144 cm³/mol. The molecule has 5 aliphatic rings. The Balaban J connectivity index is 1.37. The van der Waals surface area contributed by atoms with Gasteiger partial charge in [0.1, 0.15) is 46.3 Å². The number of ketones is 2. The van der Waals surface area contributed by atoms with Crippen LogP contribution in [0, 0.1) is 11.8 Å². The number of phenols is 2. The smallest absolute Gasteiger partial charge is 0.226 e. The van der Waals surface area contributed by atoms with E-state index in [1.54, 1.807) is 13.8 Å². The second-order valence-corrected chi connectivity index (χ2v) is 12.8. The molecule has 0 aromatic heterocycles. The van der Waals surface area contributed by atoms with Crippen LogP contribution in [-0.2, 0) is 4.74 Å². The van der Waals surface area contributed by atoms with Crippen molar-refractivity contribution in [1.29, 1.82) is 0 Å². The number of carbonyl (C=O) groups is 2. The van der Waals surface area contributed by atoms with Crippen LogP contribution in [0.15, 0.2) is 24.3 Å². The highest BCUT2D eigenvalue weighted by Gasteiger charge is 2.82. The topological polar surface area (TPSA) is 244 Å². The van der Waals surface area contributed by atoms with Gasteiger partial charge in [0, 0.05) is 17.5 Å². The number of fused-ring (bicyclic) bond motifs is 3. The lowest BCUT2D eigenvalue weighted by Crippen LogP contribution is -2.79. The number of phenolic OH excluding ortho intramolecular Hbond substituents is 2. The van der Waals surface area contributed by atoms with Crippen molar-refractivity contribution < 1.29 is 69.8 Å². The fraction of sp³-hybridized carbons (Fsp3) is 0.533. The number of hydrogen-bond donors (Lipinski definition) is 9. The zero-order valence-electron chi connectivity index (χ0n) is 23.6. The molecule has 3 heterocycles. The Morgan fingerprint density at radius 3 is 1.98 bits per heavy atom. The number of aliphatic hydroxyl groups excluding tert-OH is 4. The zero-order valence-corrected chi connectivity index (χ0v) is 23.6. The van der Waals surface area contributed by atoms with Crippen LogP contribution in [0.5, 0.6) is 23.0 Å². The summed E-state index contributed by atoms with van der Waals surface area (Å²) in [5.41, 5.74) is -11.8. The van der Waals surface area contributed by atoms with E-state index < -0.39 is 106 Å². The summed E-state index contributed by atoms with van der Waals surface area (Å²) in [6, 6.07) is 4.88. The van der Waals surface area contributed by atoms with Gasteiger partial charge >= 0.3 is 0 Å². The van der Waals surface area contributed by atoms with Crippen molar-refractivity contribution in [2.45, 2.75) is 73.2 Å². The van der Waals surface area contributed by atoms with Gasteiger partial charge in [0.15, 0.2) is 16.8 Å². The molecule has 9 N–H and O–H groups in total. The summed E-state index contributed by atoms with van der Waals surface area (Å²) < 4.78 is 17.2. The molecule has 3 fully saturated rings. The van der Waals surface area contributed by atoms with Crippen LogP contribution in [-0.4, -0.2) is 117 Å². The maximum Gasteiger partial charge on any atom is 0.226 e. The van der Waals surface area contributed by atoms with E-state index in [9.17, 15) is 55.5 Å². The van der Waals surface area contributed by atoms with Gasteiger partial charge in [-0.1, -0.05) is 13.8 Å². The number of benzene rings is 2. The molecule has 7 rings (SSSR count). The molecule has 3 aliphatic heterocycles. The zero-order chi connectivity index (χ0) is 31.9. The van der Waals surface area contributed by atoms with Gasteiger partial charge < -0.3 is 60.2 Å². The van der Waals surface area contributed by atoms with E-state index in [1.165, 1.54) is 24.3 Å². The standard InChI is InChI=1S/C30H32O14/c1-11-7-17(32)29(40)24(37)18-15(43-26(29,9-31)22(11)35)5-3-13(20(18)33)14-4-6-16-19(21(14)34)25(38)30(41)27(44-16)10-42-28(30,39)8-12(2)23(27)36/h3-6,11-12,17,22-23,31-36,39-41H,7-10H2,1-2H3/t11-,12-,17-,22-,23-,26-,27-,28-,29-,30-/m0/s1. The fourth-order valence-corrected chi connectivity index (χ4v) is 8.11. The SMILES string of the molecule is C[C@H]1C[C@]2(O)OC[C@]3(Oc4ccc(-c5ccc6c(c5O)C(=O)[C@@]5(O)[C@@H](O)C[C@H](C)[C@H](O)[C@]5(CO)O6)c(O)c4C(=O)[C@]32O)[C@H]1O. The van der Waals surface area contributed by atoms with Gasteiger partial charge in [-0.25, -0.2) is 0 Å². The van der Waals surface area contributed by atoms with Crippen LogP contribution < -0.4 is 9.47 Å². The highest BCUT2D eigenvalue weighted by atomic mass is 16.7. The summed E-state index contributed by atoms with van der Waals surface area (Å²) in [6.45, 7) is 1.56. The lowest BCUT2D eigenvalue weighted by Gasteiger charge is -2.56. The first-order valence-corrected chi connectivity index (χ1v) is 14.2. The molecule has 14 nitrogen and oxygen atoms in total. The number of Topliss-reactive ketones (excluding diaryl/α,β-unsaturated/α-hetero) is 2. The molecule has 2 saturated carbocycles. The molecule has 0 radical (unpaired) electrons. The Morgan fingerprint density at radius 2 is 1.39 bits per heavy atom. The first-order chi connectivity index (χ1) is 20.6. The monoisotopic (exact) mass is 616 g/mol. The van der Waals surface area contributed by atoms with Crippen molar-refractivity contribution in [2.75, 3.05) is 13.2 Å². The van der Waals surface area contributed by atoms with Crippen LogP contribution >= 0.6 is 0 Å². The second-order valence-electron chi connectivity index (χ2n) is 12.8. The number of aliphatic hydroxyl groups is 7. The Morgan fingerprint density at radius 1 is 0.818 bits per heavy atom. The third-order valence-corrected chi connectivity index (χ3v) is 10.6. The van der Waals surface area contributed by atoms with E-state index in [0.29, 0.717) is 0 Å². The van der Waals surface area contributed by atoms with Gasteiger partial charge in [-0.15, -0.1) is 0 Å². The maximum atomic E-state index is 13.9. The third kappa shape index (κ3) is 2.94. The van der Waals surface area contributed by atoms with Gasteiger partial charge in [0.05, 0.1) is 19.3 Å². The summed E-state index contributed by atoms with van der Waals surface area (Å²) in [6.07, 6.45) is -5.36. The van der Waals surface area contributed by atoms with E-state index in [-0.39, 0.29) is 35.5 Å². The Bertz CT molecular complexity index is 1640. The molecule has 236 valence electrons. The highest BCUT2D eigenvalue weighted by molar-refractivity contribution is 6.13. The summed E-state index contributed by atoms with van der Waals surface area (Å²) in [7, 11) is 0. The van der Waals surface area contributed by atoms with E-state index in [4.69, 9.17) is 14.2 Å². The largest absolute Gasteiger partial charge is 0.506 e. The van der Waals surface area contributed by atoms with E-state index in [1.807, 2.05) is 0 Å². The molecule has 1 saturated heterocycles. The molecular weight excluding hydrogens is 584 g/mol. The van der Waals surface area contributed by atoms with Gasteiger partial charge in [-0.2, -0.15) is 0 Å². The van der Waals surface area contributed by atoms with E-state index in [2.05, 4.69) is 0 Å². The lowest BCUT2D eigenvalue weighted by molar-refractivity contribution is -0.288. The summed E-state index contributed by atoms with van der Waals surface area (Å²) >= 11 is 0. The summed E-state index contributed by atoms with van der Waals surface area (Å²) in [4.78, 5) is 27.8. The average Bonchev–Trinajstić information content (AvgIpc) is 3.15. The molecule has 14 heteroatoms. The highest BCUT2D eigenvalue weighted by Crippen LogP contribution is 2.60.